The maximum absolute atomic E-state index is 12.8. The highest BCUT2D eigenvalue weighted by Gasteiger charge is 2.48. The van der Waals surface area contributed by atoms with Crippen LogP contribution in [0.2, 0.25) is 0 Å². The third-order valence-electron chi connectivity index (χ3n) is 5.72. The number of carbonyl (C=O) groups is 4. The summed E-state index contributed by atoms with van der Waals surface area (Å²) in [6, 6.07) is 7.90. The standard InChI is InChI=1S/C21H27N3O4/c1-3-22(17-12-8-5-9-13-17)18(25)14-23-19(26)20(27)24(21(23)28)15(2)16-10-6-4-7-11-16/h4,6-7,10-11,15,17H,3,5,8-9,12-14H2,1-2H3. The van der Waals surface area contributed by atoms with Gasteiger partial charge in [-0.25, -0.2) is 14.6 Å². The molecule has 150 valence electrons. The molecule has 1 aromatic rings. The molecule has 1 unspecified atom stereocenters. The molecule has 7 nitrogen and oxygen atoms in total. The second-order valence-corrected chi connectivity index (χ2v) is 7.41. The highest BCUT2D eigenvalue weighted by atomic mass is 16.2. The van der Waals surface area contributed by atoms with Crippen LogP contribution in [-0.4, -0.2) is 57.6 Å². The Labute approximate surface area is 165 Å². The van der Waals surface area contributed by atoms with Gasteiger partial charge < -0.3 is 4.90 Å². The van der Waals surface area contributed by atoms with Gasteiger partial charge in [0, 0.05) is 12.6 Å². The quantitative estimate of drug-likeness (QED) is 0.557. The van der Waals surface area contributed by atoms with Gasteiger partial charge in [-0.1, -0.05) is 49.6 Å². The van der Waals surface area contributed by atoms with Gasteiger partial charge in [0.15, 0.2) is 0 Å². The molecule has 1 atom stereocenters. The van der Waals surface area contributed by atoms with Gasteiger partial charge in [-0.3, -0.25) is 14.4 Å². The van der Waals surface area contributed by atoms with Crippen molar-refractivity contribution in [3.05, 3.63) is 35.9 Å². The van der Waals surface area contributed by atoms with E-state index in [0.717, 1.165) is 41.0 Å². The average Bonchev–Trinajstić information content (AvgIpc) is 2.93. The van der Waals surface area contributed by atoms with Crippen LogP contribution in [-0.2, 0) is 14.4 Å². The molecule has 2 fully saturated rings. The summed E-state index contributed by atoms with van der Waals surface area (Å²) in [4.78, 5) is 54.0. The van der Waals surface area contributed by atoms with E-state index in [1.807, 2.05) is 25.1 Å². The molecule has 28 heavy (non-hydrogen) atoms. The average molecular weight is 385 g/mol. The Kier molecular flexibility index (Phi) is 6.11. The van der Waals surface area contributed by atoms with E-state index in [1.165, 1.54) is 6.42 Å². The van der Waals surface area contributed by atoms with E-state index < -0.39 is 23.9 Å². The summed E-state index contributed by atoms with van der Waals surface area (Å²) in [5, 5.41) is 0. The summed E-state index contributed by atoms with van der Waals surface area (Å²) in [5.41, 5.74) is 0.752. The second-order valence-electron chi connectivity index (χ2n) is 7.41. The largest absolute Gasteiger partial charge is 0.338 e. The molecule has 1 saturated heterocycles. The zero-order chi connectivity index (χ0) is 20.3. The van der Waals surface area contributed by atoms with Gasteiger partial charge >= 0.3 is 17.8 Å². The highest BCUT2D eigenvalue weighted by molar-refractivity contribution is 6.45. The number of imide groups is 2. The lowest BCUT2D eigenvalue weighted by Gasteiger charge is -2.34. The van der Waals surface area contributed by atoms with Crippen LogP contribution in [0.15, 0.2) is 30.3 Å². The van der Waals surface area contributed by atoms with Crippen molar-refractivity contribution < 1.29 is 19.2 Å². The van der Waals surface area contributed by atoms with Crippen molar-refractivity contribution in [3.8, 4) is 0 Å². The normalized spacial score (nSPS) is 19.3. The molecule has 7 heteroatoms. The van der Waals surface area contributed by atoms with Crippen LogP contribution in [0, 0.1) is 0 Å². The van der Waals surface area contributed by atoms with Crippen molar-refractivity contribution in [2.75, 3.05) is 13.1 Å². The predicted octanol–water partition coefficient (Wildman–Crippen LogP) is 2.72. The Morgan fingerprint density at radius 1 is 1.07 bits per heavy atom. The number of rotatable bonds is 6. The fourth-order valence-electron chi connectivity index (χ4n) is 4.14. The summed E-state index contributed by atoms with van der Waals surface area (Å²) in [5.74, 6) is -2.09. The minimum absolute atomic E-state index is 0.147. The molecule has 1 aliphatic carbocycles. The van der Waals surface area contributed by atoms with Gasteiger partial charge in [0.25, 0.3) is 0 Å². The first-order valence-corrected chi connectivity index (χ1v) is 9.99. The second kappa shape index (κ2) is 8.54. The lowest BCUT2D eigenvalue weighted by molar-refractivity contribution is -0.145. The minimum atomic E-state index is -0.930. The molecule has 1 heterocycles. The van der Waals surface area contributed by atoms with Gasteiger partial charge in [-0.15, -0.1) is 0 Å². The van der Waals surface area contributed by atoms with Gasteiger partial charge in [0.05, 0.1) is 6.04 Å². The summed E-state index contributed by atoms with van der Waals surface area (Å²) in [6.45, 7) is 3.74. The zero-order valence-electron chi connectivity index (χ0n) is 16.5. The van der Waals surface area contributed by atoms with Gasteiger partial charge in [-0.2, -0.15) is 0 Å². The topological polar surface area (TPSA) is 78.0 Å². The lowest BCUT2D eigenvalue weighted by atomic mass is 9.94. The van der Waals surface area contributed by atoms with Crippen LogP contribution in [0.5, 0.6) is 0 Å². The van der Waals surface area contributed by atoms with Crippen LogP contribution in [0.25, 0.3) is 0 Å². The van der Waals surface area contributed by atoms with E-state index in [1.54, 1.807) is 24.0 Å². The van der Waals surface area contributed by atoms with Crippen LogP contribution in [0.4, 0.5) is 4.79 Å². The minimum Gasteiger partial charge on any atom is -0.338 e. The summed E-state index contributed by atoms with van der Waals surface area (Å²) in [7, 11) is 0. The smallest absolute Gasteiger partial charge is 0.335 e. The van der Waals surface area contributed by atoms with E-state index in [-0.39, 0.29) is 18.5 Å². The number of amides is 5. The van der Waals surface area contributed by atoms with Gasteiger partial charge in [-0.05, 0) is 32.3 Å². The molecule has 1 aliphatic heterocycles. The predicted molar refractivity (Wildman–Crippen MR) is 103 cm³/mol. The van der Waals surface area contributed by atoms with E-state index in [9.17, 15) is 19.2 Å². The van der Waals surface area contributed by atoms with Crippen molar-refractivity contribution in [2.45, 2.75) is 58.0 Å². The van der Waals surface area contributed by atoms with Crippen LogP contribution in [0.1, 0.15) is 57.6 Å². The number of hydrogen-bond donors (Lipinski definition) is 0. The molecule has 0 bridgehead atoms. The molecule has 1 aromatic carbocycles. The molecule has 3 rings (SSSR count). The Balaban J connectivity index is 1.73. The van der Waals surface area contributed by atoms with Crippen LogP contribution >= 0.6 is 0 Å². The van der Waals surface area contributed by atoms with E-state index >= 15 is 0 Å². The molecule has 2 aliphatic rings. The molecule has 0 radical (unpaired) electrons. The molecule has 0 aromatic heterocycles. The lowest BCUT2D eigenvalue weighted by Crippen LogP contribution is -2.48. The van der Waals surface area contributed by atoms with Crippen LogP contribution < -0.4 is 0 Å². The first-order chi connectivity index (χ1) is 13.5. The number of hydrogen-bond acceptors (Lipinski definition) is 4. The number of benzene rings is 1. The third kappa shape index (κ3) is 3.79. The molecular formula is C21H27N3O4. The third-order valence-corrected chi connectivity index (χ3v) is 5.72. The fraction of sp³-hybridized carbons (Fsp3) is 0.524. The van der Waals surface area contributed by atoms with E-state index in [0.29, 0.717) is 6.54 Å². The first kappa shape index (κ1) is 20.0. The summed E-state index contributed by atoms with van der Waals surface area (Å²) >= 11 is 0. The molecule has 0 spiro atoms. The Morgan fingerprint density at radius 2 is 1.71 bits per heavy atom. The monoisotopic (exact) mass is 385 g/mol. The van der Waals surface area contributed by atoms with Gasteiger partial charge in [0.1, 0.15) is 6.54 Å². The molecule has 0 N–H and O–H groups in total. The maximum atomic E-state index is 12.8. The SMILES string of the molecule is CCN(C(=O)CN1C(=O)C(=O)N(C(C)c2ccccc2)C1=O)C1CCCCC1. The molecule has 5 amide bonds. The maximum Gasteiger partial charge on any atom is 0.335 e. The number of urea groups is 1. The number of carbonyl (C=O) groups excluding carboxylic acids is 4. The number of nitrogens with zero attached hydrogens (tertiary/aromatic N) is 3. The molecule has 1 saturated carbocycles. The fourth-order valence-corrected chi connectivity index (χ4v) is 4.14. The summed E-state index contributed by atoms with van der Waals surface area (Å²) in [6.07, 6.45) is 5.22. The van der Waals surface area contributed by atoms with Crippen molar-refractivity contribution >= 4 is 23.8 Å². The highest BCUT2D eigenvalue weighted by Crippen LogP contribution is 2.27. The zero-order valence-corrected chi connectivity index (χ0v) is 16.5. The molecular weight excluding hydrogens is 358 g/mol. The van der Waals surface area contributed by atoms with Gasteiger partial charge in [0.2, 0.25) is 5.91 Å². The Hall–Kier alpha value is -2.70. The first-order valence-electron chi connectivity index (χ1n) is 9.99. The van der Waals surface area contributed by atoms with Crippen molar-refractivity contribution in [2.24, 2.45) is 0 Å². The van der Waals surface area contributed by atoms with E-state index in [2.05, 4.69) is 0 Å². The van der Waals surface area contributed by atoms with Crippen LogP contribution in [0.3, 0.4) is 0 Å². The van der Waals surface area contributed by atoms with Crippen molar-refractivity contribution in [3.63, 3.8) is 0 Å². The number of likely N-dealkylation sites (N-methyl/N-ethyl adjacent to an activating group) is 1. The Morgan fingerprint density at radius 3 is 2.32 bits per heavy atom. The van der Waals surface area contributed by atoms with E-state index in [4.69, 9.17) is 0 Å². The summed E-state index contributed by atoms with van der Waals surface area (Å²) < 4.78 is 0. The van der Waals surface area contributed by atoms with Crippen molar-refractivity contribution in [1.82, 2.24) is 14.7 Å². The van der Waals surface area contributed by atoms with Crippen molar-refractivity contribution in [1.29, 1.82) is 0 Å². The Bertz CT molecular complexity index is 758.